The van der Waals surface area contributed by atoms with Gasteiger partial charge in [-0.15, -0.1) is 0 Å². The molecule has 0 radical (unpaired) electrons. The molecule has 1 heterocycles. The minimum absolute atomic E-state index is 0.180. The predicted molar refractivity (Wildman–Crippen MR) is 101 cm³/mol. The van der Waals surface area contributed by atoms with Gasteiger partial charge in [-0.05, 0) is 64.3 Å². The van der Waals surface area contributed by atoms with E-state index in [0.29, 0.717) is 37.2 Å². The highest BCUT2D eigenvalue weighted by atomic mass is 16.3. The van der Waals surface area contributed by atoms with Crippen LogP contribution in [0.5, 0.6) is 0 Å². The first-order valence-corrected chi connectivity index (χ1v) is 8.80. The third-order valence-electron chi connectivity index (χ3n) is 4.18. The van der Waals surface area contributed by atoms with E-state index in [4.69, 9.17) is 0 Å². The maximum Gasteiger partial charge on any atom is 0.348 e. The Morgan fingerprint density at radius 2 is 2.00 bits per heavy atom. The average Bonchev–Trinajstić information content (AvgIpc) is 2.55. The number of rotatable bonds is 7. The van der Waals surface area contributed by atoms with Gasteiger partial charge in [-0.2, -0.15) is 4.98 Å². The van der Waals surface area contributed by atoms with Gasteiger partial charge < -0.3 is 10.4 Å². The number of aliphatic hydroxyl groups is 1. The first-order valence-electron chi connectivity index (χ1n) is 8.80. The van der Waals surface area contributed by atoms with Crippen molar-refractivity contribution in [1.82, 2.24) is 14.9 Å². The van der Waals surface area contributed by atoms with Gasteiger partial charge in [0.25, 0.3) is 5.91 Å². The number of carbonyl (C=O) groups excluding carboxylic acids is 1. The number of benzene rings is 1. The van der Waals surface area contributed by atoms with Crippen molar-refractivity contribution in [1.29, 1.82) is 0 Å². The molecule has 0 fully saturated rings. The summed E-state index contributed by atoms with van der Waals surface area (Å²) in [6, 6.07) is 9.23. The molecule has 2 N–H and O–H groups in total. The van der Waals surface area contributed by atoms with Crippen molar-refractivity contribution in [2.75, 3.05) is 6.54 Å². The van der Waals surface area contributed by atoms with Crippen LogP contribution in [0.15, 0.2) is 35.1 Å². The SMILES string of the molecule is Cc1cc(C)n(CCNC(=O)c2cccc(CCC(C)(C)O)c2)c(=O)n1. The molecule has 0 aliphatic heterocycles. The van der Waals surface area contributed by atoms with Crippen molar-refractivity contribution >= 4 is 5.91 Å². The molecule has 0 aliphatic rings. The van der Waals surface area contributed by atoms with E-state index >= 15 is 0 Å². The molecule has 6 heteroatoms. The van der Waals surface area contributed by atoms with Crippen LogP contribution in [0.25, 0.3) is 0 Å². The van der Waals surface area contributed by atoms with Crippen LogP contribution < -0.4 is 11.0 Å². The summed E-state index contributed by atoms with van der Waals surface area (Å²) in [6.07, 6.45) is 1.33. The van der Waals surface area contributed by atoms with Gasteiger partial charge in [0.15, 0.2) is 0 Å². The van der Waals surface area contributed by atoms with E-state index in [1.807, 2.05) is 31.2 Å². The summed E-state index contributed by atoms with van der Waals surface area (Å²) in [7, 11) is 0. The van der Waals surface area contributed by atoms with Crippen LogP contribution in [0, 0.1) is 13.8 Å². The van der Waals surface area contributed by atoms with Crippen LogP contribution >= 0.6 is 0 Å². The van der Waals surface area contributed by atoms with E-state index in [1.54, 1.807) is 31.4 Å². The van der Waals surface area contributed by atoms with Crippen LogP contribution in [-0.2, 0) is 13.0 Å². The van der Waals surface area contributed by atoms with Gasteiger partial charge in [-0.25, -0.2) is 4.79 Å². The first-order chi connectivity index (χ1) is 12.2. The fourth-order valence-corrected chi connectivity index (χ4v) is 2.75. The molecule has 0 saturated heterocycles. The second-order valence-electron chi connectivity index (χ2n) is 7.24. The summed E-state index contributed by atoms with van der Waals surface area (Å²) in [5, 5.41) is 12.7. The monoisotopic (exact) mass is 357 g/mol. The summed E-state index contributed by atoms with van der Waals surface area (Å²) in [5.41, 5.74) is 2.07. The summed E-state index contributed by atoms with van der Waals surface area (Å²) in [5.74, 6) is -0.180. The van der Waals surface area contributed by atoms with E-state index in [9.17, 15) is 14.7 Å². The molecule has 0 atom stereocenters. The van der Waals surface area contributed by atoms with Crippen molar-refractivity contribution in [2.45, 2.75) is 52.7 Å². The molecule has 0 spiro atoms. The molecule has 1 amide bonds. The fraction of sp³-hybridized carbons (Fsp3) is 0.450. The van der Waals surface area contributed by atoms with Gasteiger partial charge in [0.2, 0.25) is 0 Å². The molecule has 0 saturated carbocycles. The van der Waals surface area contributed by atoms with E-state index in [-0.39, 0.29) is 11.6 Å². The number of nitrogens with one attached hydrogen (secondary N) is 1. The van der Waals surface area contributed by atoms with Crippen molar-refractivity contribution in [3.05, 3.63) is 63.3 Å². The molecule has 1 aromatic carbocycles. The topological polar surface area (TPSA) is 84.2 Å². The fourth-order valence-electron chi connectivity index (χ4n) is 2.75. The highest BCUT2D eigenvalue weighted by molar-refractivity contribution is 5.94. The molecule has 140 valence electrons. The molecular weight excluding hydrogens is 330 g/mol. The minimum Gasteiger partial charge on any atom is -0.390 e. The van der Waals surface area contributed by atoms with E-state index in [2.05, 4.69) is 10.3 Å². The third-order valence-corrected chi connectivity index (χ3v) is 4.18. The lowest BCUT2D eigenvalue weighted by Gasteiger charge is -2.16. The van der Waals surface area contributed by atoms with Gasteiger partial charge in [-0.1, -0.05) is 12.1 Å². The summed E-state index contributed by atoms with van der Waals surface area (Å²) in [6.45, 7) is 7.90. The maximum atomic E-state index is 12.3. The Morgan fingerprint density at radius 3 is 2.65 bits per heavy atom. The summed E-state index contributed by atoms with van der Waals surface area (Å²) < 4.78 is 1.55. The van der Waals surface area contributed by atoms with Crippen molar-refractivity contribution in [2.24, 2.45) is 0 Å². The van der Waals surface area contributed by atoms with Crippen molar-refractivity contribution in [3.63, 3.8) is 0 Å². The van der Waals surface area contributed by atoms with Crippen molar-refractivity contribution < 1.29 is 9.90 Å². The molecule has 26 heavy (non-hydrogen) atoms. The van der Waals surface area contributed by atoms with E-state index in [0.717, 1.165) is 11.3 Å². The minimum atomic E-state index is -0.731. The molecule has 0 bridgehead atoms. The van der Waals surface area contributed by atoms with Crippen LogP contribution in [0.1, 0.15) is 47.6 Å². The average molecular weight is 357 g/mol. The normalized spacial score (nSPS) is 11.4. The number of carbonyl (C=O) groups is 1. The maximum absolute atomic E-state index is 12.3. The van der Waals surface area contributed by atoms with Gasteiger partial charge in [0.05, 0.1) is 5.60 Å². The molecular formula is C20H27N3O3. The highest BCUT2D eigenvalue weighted by Crippen LogP contribution is 2.14. The quantitative estimate of drug-likeness (QED) is 0.794. The number of amides is 1. The Labute approximate surface area is 153 Å². The molecule has 6 nitrogen and oxygen atoms in total. The standard InChI is InChI=1S/C20H27N3O3/c1-14-12-15(2)23(19(25)22-14)11-10-21-18(24)17-7-5-6-16(13-17)8-9-20(3,4)26/h5-7,12-13,26H,8-11H2,1-4H3,(H,21,24). The smallest absolute Gasteiger partial charge is 0.348 e. The van der Waals surface area contributed by atoms with Crippen LogP contribution in [-0.4, -0.2) is 32.7 Å². The van der Waals surface area contributed by atoms with Crippen LogP contribution in [0.2, 0.25) is 0 Å². The lowest BCUT2D eigenvalue weighted by Crippen LogP contribution is -2.33. The third kappa shape index (κ3) is 5.81. The molecule has 1 aromatic heterocycles. The van der Waals surface area contributed by atoms with Crippen molar-refractivity contribution in [3.8, 4) is 0 Å². The molecule has 0 aliphatic carbocycles. The Morgan fingerprint density at radius 1 is 1.27 bits per heavy atom. The van der Waals surface area contributed by atoms with Gasteiger partial charge in [0, 0.05) is 30.0 Å². The van der Waals surface area contributed by atoms with Crippen LogP contribution in [0.3, 0.4) is 0 Å². The van der Waals surface area contributed by atoms with Gasteiger partial charge >= 0.3 is 5.69 Å². The number of aryl methyl sites for hydroxylation is 3. The summed E-state index contributed by atoms with van der Waals surface area (Å²) >= 11 is 0. The Balaban J connectivity index is 1.95. The van der Waals surface area contributed by atoms with Crippen LogP contribution in [0.4, 0.5) is 0 Å². The Kier molecular flexibility index (Phi) is 6.32. The number of hydrogen-bond acceptors (Lipinski definition) is 4. The predicted octanol–water partition coefficient (Wildman–Crippen LogP) is 1.99. The highest BCUT2D eigenvalue weighted by Gasteiger charge is 2.13. The van der Waals surface area contributed by atoms with E-state index in [1.165, 1.54) is 0 Å². The largest absolute Gasteiger partial charge is 0.390 e. The molecule has 2 aromatic rings. The summed E-state index contributed by atoms with van der Waals surface area (Å²) in [4.78, 5) is 28.2. The zero-order valence-electron chi connectivity index (χ0n) is 15.9. The van der Waals surface area contributed by atoms with Gasteiger partial charge in [0.1, 0.15) is 0 Å². The Hall–Kier alpha value is -2.47. The lowest BCUT2D eigenvalue weighted by atomic mass is 9.98. The number of nitrogens with zero attached hydrogens (tertiary/aromatic N) is 2. The zero-order valence-corrected chi connectivity index (χ0v) is 15.9. The number of aromatic nitrogens is 2. The molecule has 2 rings (SSSR count). The number of hydrogen-bond donors (Lipinski definition) is 2. The lowest BCUT2D eigenvalue weighted by molar-refractivity contribution is 0.0714. The first kappa shape index (κ1) is 19.8. The zero-order chi connectivity index (χ0) is 19.3. The second-order valence-corrected chi connectivity index (χ2v) is 7.24. The molecule has 0 unspecified atom stereocenters. The second kappa shape index (κ2) is 8.27. The Bertz CT molecular complexity index is 835. The van der Waals surface area contributed by atoms with Gasteiger partial charge in [-0.3, -0.25) is 9.36 Å². The van der Waals surface area contributed by atoms with E-state index < -0.39 is 5.60 Å².